The first-order valence-corrected chi connectivity index (χ1v) is 9.30. The van der Waals surface area contributed by atoms with E-state index < -0.39 is 0 Å². The first-order chi connectivity index (χ1) is 11.6. The molecule has 0 aliphatic carbocycles. The normalized spacial score (nSPS) is 10.6. The van der Waals surface area contributed by atoms with Crippen molar-refractivity contribution in [2.24, 2.45) is 0 Å². The van der Waals surface area contributed by atoms with Gasteiger partial charge in [0.05, 0.1) is 0 Å². The van der Waals surface area contributed by atoms with E-state index in [1.165, 1.54) is 22.5 Å². The minimum Gasteiger partial charge on any atom is -0.296 e. The molecule has 6 heteroatoms. The fraction of sp³-hybridized carbons (Fsp3) is 0.167. The van der Waals surface area contributed by atoms with Crippen LogP contribution in [0.5, 0.6) is 0 Å². The molecule has 1 aromatic heterocycles. The van der Waals surface area contributed by atoms with E-state index in [1.54, 1.807) is 17.8 Å². The lowest BCUT2D eigenvalue weighted by Gasteiger charge is -2.01. The Bertz CT molecular complexity index is 861. The van der Waals surface area contributed by atoms with Gasteiger partial charge in [0.25, 0.3) is 5.91 Å². The van der Waals surface area contributed by atoms with Crippen molar-refractivity contribution in [1.29, 1.82) is 0 Å². The molecule has 0 spiro atoms. The molecule has 0 saturated heterocycles. The average molecular weight is 355 g/mol. The summed E-state index contributed by atoms with van der Waals surface area (Å²) in [7, 11) is 0. The molecule has 0 bridgehead atoms. The highest BCUT2D eigenvalue weighted by molar-refractivity contribution is 8.00. The Morgan fingerprint density at radius 2 is 1.83 bits per heavy atom. The van der Waals surface area contributed by atoms with Gasteiger partial charge in [-0.15, -0.1) is 10.2 Å². The number of aromatic nitrogens is 2. The third kappa shape index (κ3) is 4.43. The van der Waals surface area contributed by atoms with Gasteiger partial charge in [0.1, 0.15) is 0 Å². The minimum atomic E-state index is -0.162. The van der Waals surface area contributed by atoms with Crippen LogP contribution in [0.25, 0.3) is 0 Å². The summed E-state index contributed by atoms with van der Waals surface area (Å²) < 4.78 is 0.844. The van der Waals surface area contributed by atoms with Gasteiger partial charge in [-0.1, -0.05) is 70.6 Å². The summed E-state index contributed by atoms with van der Waals surface area (Å²) >= 11 is 3.01. The molecule has 0 radical (unpaired) electrons. The highest BCUT2D eigenvalue weighted by atomic mass is 32.2. The molecule has 3 aromatic rings. The van der Waals surface area contributed by atoms with Crippen molar-refractivity contribution in [3.05, 3.63) is 70.8 Å². The van der Waals surface area contributed by atoms with Gasteiger partial charge in [0, 0.05) is 11.3 Å². The van der Waals surface area contributed by atoms with Crippen LogP contribution in [-0.4, -0.2) is 16.1 Å². The van der Waals surface area contributed by atoms with E-state index in [1.807, 2.05) is 25.1 Å². The van der Waals surface area contributed by atoms with Gasteiger partial charge in [0.2, 0.25) is 5.13 Å². The van der Waals surface area contributed by atoms with Gasteiger partial charge in [-0.2, -0.15) is 0 Å². The van der Waals surface area contributed by atoms with Crippen molar-refractivity contribution in [3.8, 4) is 0 Å². The summed E-state index contributed by atoms with van der Waals surface area (Å²) in [5, 5.41) is 11.5. The molecule has 1 amide bonds. The van der Waals surface area contributed by atoms with E-state index in [2.05, 4.69) is 46.7 Å². The highest BCUT2D eigenvalue weighted by Crippen LogP contribution is 2.28. The number of benzene rings is 2. The molecule has 4 nitrogen and oxygen atoms in total. The van der Waals surface area contributed by atoms with E-state index in [0.717, 1.165) is 15.7 Å². The Morgan fingerprint density at radius 3 is 2.58 bits per heavy atom. The Balaban J connectivity index is 1.60. The number of thioether (sulfide) groups is 1. The number of rotatable bonds is 5. The zero-order chi connectivity index (χ0) is 16.9. The van der Waals surface area contributed by atoms with Crippen molar-refractivity contribution >= 4 is 34.1 Å². The SMILES string of the molecule is Cc1cccc(CSc2nnc(NC(=O)c3cccc(C)c3)s2)c1. The maximum absolute atomic E-state index is 12.2. The fourth-order valence-corrected chi connectivity index (χ4v) is 3.91. The smallest absolute Gasteiger partial charge is 0.257 e. The molecule has 0 fully saturated rings. The van der Waals surface area contributed by atoms with Crippen molar-refractivity contribution in [1.82, 2.24) is 10.2 Å². The van der Waals surface area contributed by atoms with Crippen molar-refractivity contribution in [3.63, 3.8) is 0 Å². The molecule has 122 valence electrons. The van der Waals surface area contributed by atoms with Crippen LogP contribution in [0.3, 0.4) is 0 Å². The summed E-state index contributed by atoms with van der Waals surface area (Å²) in [6, 6.07) is 15.9. The maximum Gasteiger partial charge on any atom is 0.257 e. The van der Waals surface area contributed by atoms with Crippen LogP contribution in [0.2, 0.25) is 0 Å². The molecule has 2 aromatic carbocycles. The van der Waals surface area contributed by atoms with E-state index in [-0.39, 0.29) is 5.91 Å². The second-order valence-electron chi connectivity index (χ2n) is 5.47. The number of hydrogen-bond acceptors (Lipinski definition) is 5. The second-order valence-corrected chi connectivity index (χ2v) is 7.67. The fourth-order valence-electron chi connectivity index (χ4n) is 2.22. The van der Waals surface area contributed by atoms with Gasteiger partial charge in [-0.05, 0) is 31.5 Å². The lowest BCUT2D eigenvalue weighted by atomic mass is 10.1. The summed E-state index contributed by atoms with van der Waals surface area (Å²) in [6.07, 6.45) is 0. The molecule has 1 N–H and O–H groups in total. The molecular formula is C18H17N3OS2. The predicted octanol–water partition coefficient (Wildman–Crippen LogP) is 4.70. The van der Waals surface area contributed by atoms with Crippen LogP contribution in [0.15, 0.2) is 52.9 Å². The molecular weight excluding hydrogens is 338 g/mol. The number of nitrogens with zero attached hydrogens (tertiary/aromatic N) is 2. The first-order valence-electron chi connectivity index (χ1n) is 7.50. The Labute approximate surface area is 149 Å². The van der Waals surface area contributed by atoms with Crippen molar-refractivity contribution < 1.29 is 4.79 Å². The zero-order valence-corrected chi connectivity index (χ0v) is 15.1. The average Bonchev–Trinajstić information content (AvgIpc) is 3.00. The first kappa shape index (κ1) is 16.7. The van der Waals surface area contributed by atoms with Crippen LogP contribution < -0.4 is 5.32 Å². The molecule has 24 heavy (non-hydrogen) atoms. The van der Waals surface area contributed by atoms with Crippen LogP contribution in [-0.2, 0) is 5.75 Å². The number of carbonyl (C=O) groups is 1. The number of amides is 1. The Hall–Kier alpha value is -2.18. The van der Waals surface area contributed by atoms with Crippen molar-refractivity contribution in [2.45, 2.75) is 23.9 Å². The maximum atomic E-state index is 12.2. The third-order valence-electron chi connectivity index (χ3n) is 3.35. The van der Waals surface area contributed by atoms with Gasteiger partial charge in [-0.3, -0.25) is 10.1 Å². The van der Waals surface area contributed by atoms with E-state index >= 15 is 0 Å². The molecule has 0 saturated carbocycles. The third-order valence-corrected chi connectivity index (χ3v) is 5.40. The second kappa shape index (κ2) is 7.59. The van der Waals surface area contributed by atoms with Crippen LogP contribution in [0.1, 0.15) is 27.0 Å². The van der Waals surface area contributed by atoms with Gasteiger partial charge in [0.15, 0.2) is 4.34 Å². The number of nitrogens with one attached hydrogen (secondary N) is 1. The molecule has 0 unspecified atom stereocenters. The quantitative estimate of drug-likeness (QED) is 0.532. The van der Waals surface area contributed by atoms with E-state index in [0.29, 0.717) is 10.7 Å². The Kier molecular flexibility index (Phi) is 5.27. The van der Waals surface area contributed by atoms with Crippen LogP contribution in [0, 0.1) is 13.8 Å². The standard InChI is InChI=1S/C18H17N3OS2/c1-12-5-3-7-14(9-12)11-23-18-21-20-17(24-18)19-16(22)15-8-4-6-13(2)10-15/h3-10H,11H2,1-2H3,(H,19,20,22). The Morgan fingerprint density at radius 1 is 1.08 bits per heavy atom. The summed E-state index contributed by atoms with van der Waals surface area (Å²) in [5.41, 5.74) is 4.17. The monoisotopic (exact) mass is 355 g/mol. The van der Waals surface area contributed by atoms with Gasteiger partial charge >= 0.3 is 0 Å². The van der Waals surface area contributed by atoms with Gasteiger partial charge < -0.3 is 0 Å². The molecule has 0 aliphatic heterocycles. The molecule has 1 heterocycles. The lowest BCUT2D eigenvalue weighted by Crippen LogP contribution is -2.11. The predicted molar refractivity (Wildman–Crippen MR) is 99.8 cm³/mol. The summed E-state index contributed by atoms with van der Waals surface area (Å²) in [4.78, 5) is 12.2. The topological polar surface area (TPSA) is 54.9 Å². The molecule has 0 aliphatic rings. The van der Waals surface area contributed by atoms with Crippen LogP contribution >= 0.6 is 23.1 Å². The number of hydrogen-bond donors (Lipinski definition) is 1. The summed E-state index contributed by atoms with van der Waals surface area (Å²) in [6.45, 7) is 4.04. The number of anilines is 1. The molecule has 3 rings (SSSR count). The van der Waals surface area contributed by atoms with Gasteiger partial charge in [-0.25, -0.2) is 0 Å². The van der Waals surface area contributed by atoms with Crippen molar-refractivity contribution in [2.75, 3.05) is 5.32 Å². The van der Waals surface area contributed by atoms with E-state index in [4.69, 9.17) is 0 Å². The number of carbonyl (C=O) groups excluding carboxylic acids is 1. The zero-order valence-electron chi connectivity index (χ0n) is 13.4. The largest absolute Gasteiger partial charge is 0.296 e. The number of aryl methyl sites for hydroxylation is 2. The van der Waals surface area contributed by atoms with E-state index in [9.17, 15) is 4.79 Å². The molecule has 0 atom stereocenters. The lowest BCUT2D eigenvalue weighted by molar-refractivity contribution is 0.102. The summed E-state index contributed by atoms with van der Waals surface area (Å²) in [5.74, 6) is 0.673. The minimum absolute atomic E-state index is 0.162. The highest BCUT2D eigenvalue weighted by Gasteiger charge is 2.10. The van der Waals surface area contributed by atoms with Crippen LogP contribution in [0.4, 0.5) is 5.13 Å².